The van der Waals surface area contributed by atoms with Crippen molar-refractivity contribution < 1.29 is 9.53 Å². The lowest BCUT2D eigenvalue weighted by Crippen LogP contribution is -2.00. The first-order valence-electron chi connectivity index (χ1n) is 5.79. The standard InChI is InChI=1S/C16H12O2/c1-18-16(17)13-9-8-12-5-2-4-11-6-3-7-14(11)15(12)10-13/h2-10H,1H3. The average Bonchev–Trinajstić information content (AvgIpc) is 2.80. The van der Waals surface area contributed by atoms with Crippen LogP contribution < -0.4 is 0 Å². The predicted molar refractivity (Wildman–Crippen MR) is 71.9 cm³/mol. The molecule has 0 saturated carbocycles. The quantitative estimate of drug-likeness (QED) is 0.602. The molecule has 0 aliphatic heterocycles. The van der Waals surface area contributed by atoms with Gasteiger partial charge in [-0.15, -0.1) is 0 Å². The van der Waals surface area contributed by atoms with Gasteiger partial charge in [-0.25, -0.2) is 4.79 Å². The zero-order valence-electron chi connectivity index (χ0n) is 10.0. The van der Waals surface area contributed by atoms with E-state index in [9.17, 15) is 4.79 Å². The summed E-state index contributed by atoms with van der Waals surface area (Å²) < 4.78 is 4.76. The molecule has 0 heterocycles. The second-order valence-electron chi connectivity index (χ2n) is 4.21. The lowest BCUT2D eigenvalue weighted by molar-refractivity contribution is 0.0601. The van der Waals surface area contributed by atoms with Crippen molar-refractivity contribution in [2.45, 2.75) is 0 Å². The highest BCUT2D eigenvalue weighted by atomic mass is 16.5. The Kier molecular flexibility index (Phi) is 2.49. The van der Waals surface area contributed by atoms with Gasteiger partial charge in [0.15, 0.2) is 0 Å². The summed E-state index contributed by atoms with van der Waals surface area (Å²) in [7, 11) is 1.40. The van der Waals surface area contributed by atoms with Crippen LogP contribution in [0, 0.1) is 0 Å². The van der Waals surface area contributed by atoms with Crippen LogP contribution in [0.15, 0.2) is 54.6 Å². The summed E-state index contributed by atoms with van der Waals surface area (Å²) in [4.78, 5) is 11.6. The van der Waals surface area contributed by atoms with Gasteiger partial charge >= 0.3 is 5.97 Å². The van der Waals surface area contributed by atoms with Crippen LogP contribution in [0.25, 0.3) is 21.9 Å². The van der Waals surface area contributed by atoms with Crippen LogP contribution >= 0.6 is 0 Å². The molecular weight excluding hydrogens is 224 g/mol. The van der Waals surface area contributed by atoms with Crippen LogP contribution in [0.4, 0.5) is 0 Å². The van der Waals surface area contributed by atoms with Gasteiger partial charge in [0.05, 0.1) is 12.7 Å². The van der Waals surface area contributed by atoms with Crippen molar-refractivity contribution in [2.75, 3.05) is 7.11 Å². The van der Waals surface area contributed by atoms with Crippen LogP contribution in [0.5, 0.6) is 0 Å². The number of carbonyl (C=O) groups excluding carboxylic acids is 1. The largest absolute Gasteiger partial charge is 0.465 e. The number of ether oxygens (including phenoxy) is 1. The van der Waals surface area contributed by atoms with E-state index in [1.54, 1.807) is 6.07 Å². The maximum absolute atomic E-state index is 11.6. The molecule has 0 amide bonds. The molecular formula is C16H12O2. The van der Waals surface area contributed by atoms with Crippen LogP contribution in [-0.4, -0.2) is 13.1 Å². The van der Waals surface area contributed by atoms with E-state index in [1.807, 2.05) is 24.3 Å². The highest BCUT2D eigenvalue weighted by molar-refractivity contribution is 6.01. The molecule has 2 heteroatoms. The Bertz CT molecular complexity index is 701. The van der Waals surface area contributed by atoms with Gasteiger partial charge in [-0.05, 0) is 34.0 Å². The Hall–Kier alpha value is -2.35. The average molecular weight is 236 g/mol. The van der Waals surface area contributed by atoms with E-state index in [0.717, 1.165) is 16.3 Å². The van der Waals surface area contributed by atoms with Crippen molar-refractivity contribution in [2.24, 2.45) is 0 Å². The number of esters is 1. The number of hydrogen-bond acceptors (Lipinski definition) is 2. The SMILES string of the molecule is COC(=O)c1ccc2cccc3cccc-3c2c1. The van der Waals surface area contributed by atoms with E-state index in [1.165, 1.54) is 12.7 Å². The second-order valence-corrected chi connectivity index (χ2v) is 4.21. The second kappa shape index (κ2) is 4.15. The van der Waals surface area contributed by atoms with E-state index in [4.69, 9.17) is 4.74 Å². The molecule has 2 aliphatic rings. The number of fused-ring (bicyclic) bond motifs is 3. The summed E-state index contributed by atoms with van der Waals surface area (Å²) in [6.45, 7) is 0. The minimum atomic E-state index is -0.303. The van der Waals surface area contributed by atoms with Gasteiger partial charge in [0.25, 0.3) is 0 Å². The van der Waals surface area contributed by atoms with E-state index in [0.29, 0.717) is 5.56 Å². The van der Waals surface area contributed by atoms with Gasteiger partial charge in [-0.3, -0.25) is 0 Å². The van der Waals surface area contributed by atoms with Crippen LogP contribution in [-0.2, 0) is 4.74 Å². The first-order valence-corrected chi connectivity index (χ1v) is 5.79. The molecule has 0 fully saturated rings. The van der Waals surface area contributed by atoms with E-state index in [2.05, 4.69) is 24.3 Å². The normalized spacial score (nSPS) is 10.7. The molecule has 18 heavy (non-hydrogen) atoms. The minimum absolute atomic E-state index is 0.303. The summed E-state index contributed by atoms with van der Waals surface area (Å²) in [5, 5.41) is 2.19. The molecule has 88 valence electrons. The molecule has 0 saturated heterocycles. The molecule has 1 aromatic carbocycles. The fourth-order valence-corrected chi connectivity index (χ4v) is 2.26. The monoisotopic (exact) mass is 236 g/mol. The van der Waals surface area contributed by atoms with Gasteiger partial charge in [-0.1, -0.05) is 42.5 Å². The highest BCUT2D eigenvalue weighted by Crippen LogP contribution is 2.30. The number of hydrogen-bond donors (Lipinski definition) is 0. The van der Waals surface area contributed by atoms with Crippen molar-refractivity contribution in [3.8, 4) is 11.1 Å². The Morgan fingerprint density at radius 2 is 1.78 bits per heavy atom. The molecule has 0 spiro atoms. The van der Waals surface area contributed by atoms with Crippen molar-refractivity contribution in [3.63, 3.8) is 0 Å². The van der Waals surface area contributed by atoms with Crippen molar-refractivity contribution in [1.82, 2.24) is 0 Å². The fourth-order valence-electron chi connectivity index (χ4n) is 2.26. The molecule has 3 rings (SSSR count). The lowest BCUT2D eigenvalue weighted by Gasteiger charge is -2.02. The Labute approximate surface area is 105 Å². The van der Waals surface area contributed by atoms with Crippen LogP contribution in [0.1, 0.15) is 10.4 Å². The third kappa shape index (κ3) is 1.63. The number of methoxy groups -OCH3 is 1. The molecule has 0 unspecified atom stereocenters. The van der Waals surface area contributed by atoms with E-state index in [-0.39, 0.29) is 5.97 Å². The maximum Gasteiger partial charge on any atom is 0.337 e. The zero-order chi connectivity index (χ0) is 12.5. The first kappa shape index (κ1) is 10.8. The van der Waals surface area contributed by atoms with E-state index >= 15 is 0 Å². The van der Waals surface area contributed by atoms with Crippen LogP contribution in [0.2, 0.25) is 0 Å². The molecule has 0 bridgehead atoms. The van der Waals surface area contributed by atoms with Gasteiger partial charge in [0, 0.05) is 0 Å². The smallest absolute Gasteiger partial charge is 0.337 e. The van der Waals surface area contributed by atoms with Gasteiger partial charge in [-0.2, -0.15) is 0 Å². The number of carbonyl (C=O) groups is 1. The summed E-state index contributed by atoms with van der Waals surface area (Å²) >= 11 is 0. The summed E-state index contributed by atoms with van der Waals surface area (Å²) in [6, 6.07) is 18.0. The molecule has 0 aromatic heterocycles. The van der Waals surface area contributed by atoms with Crippen molar-refractivity contribution >= 4 is 16.7 Å². The Morgan fingerprint density at radius 1 is 1.00 bits per heavy atom. The Balaban J connectivity index is 2.34. The maximum atomic E-state index is 11.6. The molecule has 0 atom stereocenters. The van der Waals surface area contributed by atoms with Gasteiger partial charge in [0.2, 0.25) is 0 Å². The molecule has 0 radical (unpaired) electrons. The molecule has 1 aromatic rings. The summed E-state index contributed by atoms with van der Waals surface area (Å²) in [5.74, 6) is -0.303. The Morgan fingerprint density at radius 3 is 2.56 bits per heavy atom. The topological polar surface area (TPSA) is 26.3 Å². The third-order valence-electron chi connectivity index (χ3n) is 3.17. The van der Waals surface area contributed by atoms with Gasteiger partial charge in [0.1, 0.15) is 0 Å². The predicted octanol–water partition coefficient (Wildman–Crippen LogP) is 3.73. The first-order chi connectivity index (χ1) is 8.79. The summed E-state index contributed by atoms with van der Waals surface area (Å²) in [6.07, 6.45) is 0. The summed E-state index contributed by atoms with van der Waals surface area (Å²) in [5.41, 5.74) is 2.91. The van der Waals surface area contributed by atoms with E-state index < -0.39 is 0 Å². The fraction of sp³-hybridized carbons (Fsp3) is 0.0625. The minimum Gasteiger partial charge on any atom is -0.465 e. The van der Waals surface area contributed by atoms with Crippen LogP contribution in [0.3, 0.4) is 0 Å². The molecule has 2 aliphatic carbocycles. The van der Waals surface area contributed by atoms with Gasteiger partial charge < -0.3 is 4.74 Å². The van der Waals surface area contributed by atoms with Crippen molar-refractivity contribution in [3.05, 3.63) is 60.2 Å². The zero-order valence-corrected chi connectivity index (χ0v) is 10.0. The van der Waals surface area contributed by atoms with Crippen molar-refractivity contribution in [1.29, 1.82) is 0 Å². The highest BCUT2D eigenvalue weighted by Gasteiger charge is 2.09. The number of benzene rings is 1. The third-order valence-corrected chi connectivity index (χ3v) is 3.17. The molecule has 0 N–H and O–H groups in total. The number of rotatable bonds is 1. The lowest BCUT2D eigenvalue weighted by atomic mass is 10.0. The molecule has 2 nitrogen and oxygen atoms in total.